The lowest BCUT2D eigenvalue weighted by atomic mass is 10.2. The fraction of sp³-hybridized carbons (Fsp3) is 0.286. The Morgan fingerprint density at radius 2 is 1.84 bits per heavy atom. The molecular formula is C21H21N3O6S. The molecule has 1 heterocycles. The number of carbonyl (C=O) groups is 2. The van der Waals surface area contributed by atoms with Gasteiger partial charge in [-0.05, 0) is 30.3 Å². The van der Waals surface area contributed by atoms with Crippen LogP contribution in [0.1, 0.15) is 15.9 Å². The van der Waals surface area contributed by atoms with Crippen molar-refractivity contribution in [1.29, 1.82) is 5.26 Å². The van der Waals surface area contributed by atoms with Crippen LogP contribution in [0, 0.1) is 11.3 Å². The van der Waals surface area contributed by atoms with E-state index in [1.54, 1.807) is 24.3 Å². The van der Waals surface area contributed by atoms with Gasteiger partial charge in [-0.3, -0.25) is 9.59 Å². The van der Waals surface area contributed by atoms with Crippen LogP contribution in [0.4, 0.5) is 0 Å². The summed E-state index contributed by atoms with van der Waals surface area (Å²) in [5.41, 5.74) is 0.509. The van der Waals surface area contributed by atoms with Crippen LogP contribution in [-0.2, 0) is 14.8 Å². The summed E-state index contributed by atoms with van der Waals surface area (Å²) in [7, 11) is -2.39. The highest BCUT2D eigenvalue weighted by Gasteiger charge is 2.31. The summed E-state index contributed by atoms with van der Waals surface area (Å²) < 4.78 is 37.8. The molecule has 1 fully saturated rings. The molecule has 2 aromatic carbocycles. The molecular weight excluding hydrogens is 422 g/mol. The number of aldehydes is 1. The summed E-state index contributed by atoms with van der Waals surface area (Å²) in [6, 6.07) is 12.6. The lowest BCUT2D eigenvalue weighted by Crippen LogP contribution is -2.51. The van der Waals surface area contributed by atoms with Gasteiger partial charge in [0.15, 0.2) is 18.1 Å². The van der Waals surface area contributed by atoms with Crippen LogP contribution in [0.25, 0.3) is 0 Å². The molecule has 162 valence electrons. The largest absolute Gasteiger partial charge is 0.493 e. The minimum absolute atomic E-state index is 0.0357. The Labute approximate surface area is 180 Å². The summed E-state index contributed by atoms with van der Waals surface area (Å²) in [4.78, 5) is 24.9. The molecule has 0 unspecified atom stereocenters. The zero-order chi connectivity index (χ0) is 22.4. The van der Waals surface area contributed by atoms with E-state index in [0.717, 1.165) is 0 Å². The predicted octanol–water partition coefficient (Wildman–Crippen LogP) is 1.29. The van der Waals surface area contributed by atoms with Crippen molar-refractivity contribution >= 4 is 22.2 Å². The van der Waals surface area contributed by atoms with Crippen LogP contribution < -0.4 is 9.47 Å². The number of piperazine rings is 1. The molecule has 1 saturated heterocycles. The van der Waals surface area contributed by atoms with E-state index in [-0.39, 0.29) is 49.2 Å². The number of hydrogen-bond acceptors (Lipinski definition) is 7. The molecule has 31 heavy (non-hydrogen) atoms. The van der Waals surface area contributed by atoms with Crippen molar-refractivity contribution < 1.29 is 27.5 Å². The SMILES string of the molecule is COc1cc(C=O)ccc1OCC(=O)N1CCN(S(=O)(=O)c2ccccc2C#N)CC1. The van der Waals surface area contributed by atoms with E-state index in [4.69, 9.17) is 9.47 Å². The molecule has 9 nitrogen and oxygen atoms in total. The molecule has 1 amide bonds. The van der Waals surface area contributed by atoms with Gasteiger partial charge < -0.3 is 14.4 Å². The van der Waals surface area contributed by atoms with E-state index in [2.05, 4.69) is 0 Å². The number of nitriles is 1. The van der Waals surface area contributed by atoms with Gasteiger partial charge in [0.2, 0.25) is 10.0 Å². The van der Waals surface area contributed by atoms with Gasteiger partial charge >= 0.3 is 0 Å². The smallest absolute Gasteiger partial charge is 0.260 e. The maximum absolute atomic E-state index is 12.9. The molecule has 0 radical (unpaired) electrons. The highest BCUT2D eigenvalue weighted by molar-refractivity contribution is 7.89. The van der Waals surface area contributed by atoms with E-state index in [0.29, 0.717) is 23.3 Å². The van der Waals surface area contributed by atoms with E-state index < -0.39 is 10.0 Å². The van der Waals surface area contributed by atoms with E-state index in [9.17, 15) is 23.3 Å². The molecule has 10 heteroatoms. The number of sulfonamides is 1. The second-order valence-electron chi connectivity index (χ2n) is 6.71. The molecule has 0 atom stereocenters. The van der Waals surface area contributed by atoms with E-state index >= 15 is 0 Å². The maximum atomic E-state index is 12.9. The van der Waals surface area contributed by atoms with Crippen LogP contribution in [0.5, 0.6) is 11.5 Å². The molecule has 0 aliphatic carbocycles. The highest BCUT2D eigenvalue weighted by Crippen LogP contribution is 2.27. The van der Waals surface area contributed by atoms with Crippen LogP contribution >= 0.6 is 0 Å². The molecule has 0 aromatic heterocycles. The zero-order valence-electron chi connectivity index (χ0n) is 16.9. The third-order valence-electron chi connectivity index (χ3n) is 4.89. The molecule has 0 saturated carbocycles. The van der Waals surface area contributed by atoms with Gasteiger partial charge in [-0.1, -0.05) is 12.1 Å². The van der Waals surface area contributed by atoms with Crippen molar-refractivity contribution in [2.45, 2.75) is 4.90 Å². The number of hydrogen-bond donors (Lipinski definition) is 0. The van der Waals surface area contributed by atoms with Crippen molar-refractivity contribution in [2.24, 2.45) is 0 Å². The minimum Gasteiger partial charge on any atom is -0.493 e. The van der Waals surface area contributed by atoms with Crippen LogP contribution in [0.2, 0.25) is 0 Å². The normalized spacial score (nSPS) is 14.5. The van der Waals surface area contributed by atoms with E-state index in [1.165, 1.54) is 34.5 Å². The van der Waals surface area contributed by atoms with Crippen molar-refractivity contribution in [1.82, 2.24) is 9.21 Å². The van der Waals surface area contributed by atoms with Crippen molar-refractivity contribution in [3.8, 4) is 17.6 Å². The first-order valence-corrected chi connectivity index (χ1v) is 10.9. The van der Waals surface area contributed by atoms with Gasteiger partial charge in [0.1, 0.15) is 12.4 Å². The number of benzene rings is 2. The van der Waals surface area contributed by atoms with Gasteiger partial charge in [-0.15, -0.1) is 0 Å². The number of rotatable bonds is 7. The number of carbonyl (C=O) groups excluding carboxylic acids is 2. The topological polar surface area (TPSA) is 117 Å². The van der Waals surface area contributed by atoms with Crippen LogP contribution in [-0.4, -0.2) is 69.7 Å². The second kappa shape index (κ2) is 9.59. The fourth-order valence-corrected chi connectivity index (χ4v) is 4.77. The lowest BCUT2D eigenvalue weighted by molar-refractivity contribution is -0.134. The summed E-state index contributed by atoms with van der Waals surface area (Å²) in [6.45, 7) is 0.395. The Morgan fingerprint density at radius 3 is 2.48 bits per heavy atom. The number of methoxy groups -OCH3 is 1. The highest BCUT2D eigenvalue weighted by atomic mass is 32.2. The molecule has 0 bridgehead atoms. The molecule has 1 aliphatic rings. The summed E-state index contributed by atoms with van der Waals surface area (Å²) in [5, 5.41) is 9.19. The summed E-state index contributed by atoms with van der Waals surface area (Å²) in [5.74, 6) is 0.372. The standard InChI is InChI=1S/C21H21N3O6S/c1-29-19-12-16(14-25)6-7-18(19)30-15-21(26)23-8-10-24(11-9-23)31(27,28)20-5-3-2-4-17(20)13-22/h2-7,12,14H,8-11,15H2,1H3. The van der Waals surface area contributed by atoms with Gasteiger partial charge in [-0.2, -0.15) is 9.57 Å². The quantitative estimate of drug-likeness (QED) is 0.592. The van der Waals surface area contributed by atoms with Gasteiger partial charge in [0.25, 0.3) is 5.91 Å². The third kappa shape index (κ3) is 4.84. The first-order chi connectivity index (χ1) is 14.9. The second-order valence-corrected chi connectivity index (χ2v) is 8.62. The molecule has 3 rings (SSSR count). The van der Waals surface area contributed by atoms with Gasteiger partial charge in [0.05, 0.1) is 17.6 Å². The van der Waals surface area contributed by atoms with Gasteiger partial charge in [0, 0.05) is 31.7 Å². The van der Waals surface area contributed by atoms with E-state index in [1.807, 2.05) is 6.07 Å². The fourth-order valence-electron chi connectivity index (χ4n) is 3.21. The zero-order valence-corrected chi connectivity index (χ0v) is 17.7. The Bertz CT molecular complexity index is 1120. The predicted molar refractivity (Wildman–Crippen MR) is 110 cm³/mol. The average molecular weight is 443 g/mol. The monoisotopic (exact) mass is 443 g/mol. The lowest BCUT2D eigenvalue weighted by Gasteiger charge is -2.34. The van der Waals surface area contributed by atoms with Crippen molar-refractivity contribution in [3.63, 3.8) is 0 Å². The van der Waals surface area contributed by atoms with Crippen molar-refractivity contribution in [2.75, 3.05) is 39.9 Å². The van der Waals surface area contributed by atoms with Crippen LogP contribution in [0.15, 0.2) is 47.4 Å². The molecule has 0 N–H and O–H groups in total. The Balaban J connectivity index is 1.60. The number of amides is 1. The Morgan fingerprint density at radius 1 is 1.13 bits per heavy atom. The first kappa shape index (κ1) is 22.3. The summed E-state index contributed by atoms with van der Waals surface area (Å²) >= 11 is 0. The molecule has 1 aliphatic heterocycles. The van der Waals surface area contributed by atoms with Crippen molar-refractivity contribution in [3.05, 3.63) is 53.6 Å². The Hall–Kier alpha value is -3.42. The number of ether oxygens (including phenoxy) is 2. The maximum Gasteiger partial charge on any atom is 0.260 e. The third-order valence-corrected chi connectivity index (χ3v) is 6.85. The molecule has 2 aromatic rings. The average Bonchev–Trinajstić information content (AvgIpc) is 2.82. The minimum atomic E-state index is -3.83. The first-order valence-electron chi connectivity index (χ1n) is 9.43. The van der Waals surface area contributed by atoms with Crippen LogP contribution in [0.3, 0.4) is 0 Å². The van der Waals surface area contributed by atoms with Gasteiger partial charge in [-0.25, -0.2) is 8.42 Å². The summed E-state index contributed by atoms with van der Waals surface area (Å²) in [6.07, 6.45) is 0.681. The number of nitrogens with zero attached hydrogens (tertiary/aromatic N) is 3. The Kier molecular flexibility index (Phi) is 6.89. The molecule has 0 spiro atoms.